The van der Waals surface area contributed by atoms with Crippen LogP contribution in [0.25, 0.3) is 0 Å². The lowest BCUT2D eigenvalue weighted by Gasteiger charge is -2.08. The average Bonchev–Trinajstić information content (AvgIpc) is 3.15. The number of nitrogens with one attached hydrogen (secondary N) is 1. The molecule has 1 heterocycles. The molecule has 0 unspecified atom stereocenters. The van der Waals surface area contributed by atoms with E-state index >= 15 is 0 Å². The fourth-order valence-corrected chi connectivity index (χ4v) is 2.46. The third-order valence-electron chi connectivity index (χ3n) is 3.78. The van der Waals surface area contributed by atoms with Crippen LogP contribution in [0, 0.1) is 6.92 Å². The predicted octanol–water partition coefficient (Wildman–Crippen LogP) is 4.38. The minimum atomic E-state index is -0.335. The smallest absolute Gasteiger partial charge is 0.311 e. The van der Waals surface area contributed by atoms with E-state index in [1.807, 2.05) is 31.2 Å². The Balaban J connectivity index is 1.53. The standard InChI is InChI=1S/C21H19NO4/c1-15-4-2-5-16(14-15)21(24)22-17-7-9-19(10-8-17)26-20(23)12-11-18-6-3-13-25-18/h2-10,13-14H,11-12H2,1H3,(H,22,24). The molecule has 0 bridgehead atoms. The number of carbonyl (C=O) groups excluding carboxylic acids is 2. The lowest BCUT2D eigenvalue weighted by Crippen LogP contribution is -2.12. The minimum Gasteiger partial charge on any atom is -0.469 e. The summed E-state index contributed by atoms with van der Waals surface area (Å²) < 4.78 is 10.5. The van der Waals surface area contributed by atoms with Gasteiger partial charge in [-0.3, -0.25) is 9.59 Å². The molecule has 0 spiro atoms. The highest BCUT2D eigenvalue weighted by Gasteiger charge is 2.09. The van der Waals surface area contributed by atoms with Gasteiger partial charge in [-0.25, -0.2) is 0 Å². The van der Waals surface area contributed by atoms with Crippen LogP contribution in [0.1, 0.15) is 28.1 Å². The van der Waals surface area contributed by atoms with E-state index in [1.165, 1.54) is 0 Å². The molecule has 0 fully saturated rings. The zero-order valence-electron chi connectivity index (χ0n) is 14.4. The summed E-state index contributed by atoms with van der Waals surface area (Å²) in [6.45, 7) is 1.94. The van der Waals surface area contributed by atoms with Crippen molar-refractivity contribution in [1.29, 1.82) is 0 Å². The average molecular weight is 349 g/mol. The van der Waals surface area contributed by atoms with Gasteiger partial charge in [0.25, 0.3) is 5.91 Å². The summed E-state index contributed by atoms with van der Waals surface area (Å²) in [7, 11) is 0. The maximum absolute atomic E-state index is 12.2. The van der Waals surface area contributed by atoms with Gasteiger partial charge in [0.15, 0.2) is 0 Å². The minimum absolute atomic E-state index is 0.183. The van der Waals surface area contributed by atoms with Crippen molar-refractivity contribution in [3.05, 3.63) is 83.8 Å². The number of furan rings is 1. The molecule has 0 atom stereocenters. The Hall–Kier alpha value is -3.34. The largest absolute Gasteiger partial charge is 0.469 e. The molecule has 0 aliphatic carbocycles. The van der Waals surface area contributed by atoms with Gasteiger partial charge in [0.1, 0.15) is 11.5 Å². The zero-order valence-corrected chi connectivity index (χ0v) is 14.4. The molecule has 0 saturated heterocycles. The van der Waals surface area contributed by atoms with Crippen molar-refractivity contribution in [2.45, 2.75) is 19.8 Å². The highest BCUT2D eigenvalue weighted by molar-refractivity contribution is 6.04. The van der Waals surface area contributed by atoms with E-state index in [0.717, 1.165) is 11.3 Å². The molecule has 5 nitrogen and oxygen atoms in total. The molecule has 3 rings (SSSR count). The zero-order chi connectivity index (χ0) is 18.4. The normalized spacial score (nSPS) is 10.3. The molecular weight excluding hydrogens is 330 g/mol. The number of hydrogen-bond donors (Lipinski definition) is 1. The third-order valence-corrected chi connectivity index (χ3v) is 3.78. The van der Waals surface area contributed by atoms with Crippen molar-refractivity contribution in [2.24, 2.45) is 0 Å². The van der Waals surface area contributed by atoms with Crippen molar-refractivity contribution < 1.29 is 18.7 Å². The molecule has 0 aliphatic rings. The van der Waals surface area contributed by atoms with Crippen LogP contribution < -0.4 is 10.1 Å². The van der Waals surface area contributed by atoms with Crippen LogP contribution in [0.15, 0.2) is 71.3 Å². The Morgan fingerprint density at radius 2 is 1.85 bits per heavy atom. The van der Waals surface area contributed by atoms with Crippen LogP contribution in [-0.2, 0) is 11.2 Å². The molecule has 3 aromatic rings. The number of aryl methyl sites for hydroxylation is 2. The van der Waals surface area contributed by atoms with E-state index in [0.29, 0.717) is 23.4 Å². The second-order valence-electron chi connectivity index (χ2n) is 5.90. The Morgan fingerprint density at radius 3 is 2.54 bits per heavy atom. The fourth-order valence-electron chi connectivity index (χ4n) is 2.46. The van der Waals surface area contributed by atoms with Gasteiger partial charge < -0.3 is 14.5 Å². The molecule has 0 saturated carbocycles. The molecule has 5 heteroatoms. The number of anilines is 1. The Labute approximate surface area is 151 Å². The van der Waals surface area contributed by atoms with Crippen molar-refractivity contribution in [3.63, 3.8) is 0 Å². The first-order valence-corrected chi connectivity index (χ1v) is 8.31. The summed E-state index contributed by atoms with van der Waals surface area (Å²) in [5.41, 5.74) is 2.25. The van der Waals surface area contributed by atoms with E-state index in [2.05, 4.69) is 5.32 Å². The van der Waals surface area contributed by atoms with Crippen LogP contribution in [-0.4, -0.2) is 11.9 Å². The molecule has 0 radical (unpaired) electrons. The van der Waals surface area contributed by atoms with Gasteiger partial charge in [0.2, 0.25) is 0 Å². The number of esters is 1. The van der Waals surface area contributed by atoms with E-state index in [4.69, 9.17) is 9.15 Å². The van der Waals surface area contributed by atoms with Crippen LogP contribution in [0.5, 0.6) is 5.75 Å². The van der Waals surface area contributed by atoms with E-state index < -0.39 is 0 Å². The van der Waals surface area contributed by atoms with Crippen molar-refractivity contribution >= 4 is 17.6 Å². The fraction of sp³-hybridized carbons (Fsp3) is 0.143. The Kier molecular flexibility index (Phi) is 5.49. The number of benzene rings is 2. The first kappa shape index (κ1) is 17.5. The molecule has 26 heavy (non-hydrogen) atoms. The summed E-state index contributed by atoms with van der Waals surface area (Å²) in [4.78, 5) is 24.1. The van der Waals surface area contributed by atoms with Gasteiger partial charge in [-0.15, -0.1) is 0 Å². The monoisotopic (exact) mass is 349 g/mol. The molecule has 1 amide bonds. The summed E-state index contributed by atoms with van der Waals surface area (Å²) in [6.07, 6.45) is 2.31. The summed E-state index contributed by atoms with van der Waals surface area (Å²) in [6, 6.07) is 17.7. The van der Waals surface area contributed by atoms with Gasteiger partial charge >= 0.3 is 5.97 Å². The molecule has 0 aliphatic heterocycles. The Morgan fingerprint density at radius 1 is 1.04 bits per heavy atom. The molecular formula is C21H19NO4. The number of hydrogen-bond acceptors (Lipinski definition) is 4. The molecule has 1 aromatic heterocycles. The number of rotatable bonds is 6. The first-order chi connectivity index (χ1) is 12.6. The van der Waals surface area contributed by atoms with Gasteiger partial charge in [0.05, 0.1) is 12.7 Å². The molecule has 2 aromatic carbocycles. The second-order valence-corrected chi connectivity index (χ2v) is 5.90. The van der Waals surface area contributed by atoms with E-state index in [1.54, 1.807) is 42.7 Å². The summed E-state index contributed by atoms with van der Waals surface area (Å²) in [5, 5.41) is 2.82. The number of amides is 1. The topological polar surface area (TPSA) is 68.5 Å². The van der Waals surface area contributed by atoms with Crippen LogP contribution in [0.2, 0.25) is 0 Å². The van der Waals surface area contributed by atoms with Crippen LogP contribution >= 0.6 is 0 Å². The molecule has 1 N–H and O–H groups in total. The van der Waals surface area contributed by atoms with Crippen LogP contribution in [0.3, 0.4) is 0 Å². The lowest BCUT2D eigenvalue weighted by molar-refractivity contribution is -0.134. The van der Waals surface area contributed by atoms with Crippen molar-refractivity contribution in [2.75, 3.05) is 5.32 Å². The Bertz CT molecular complexity index is 883. The molecule has 132 valence electrons. The number of ether oxygens (including phenoxy) is 1. The number of carbonyl (C=O) groups is 2. The third kappa shape index (κ3) is 4.83. The summed E-state index contributed by atoms with van der Waals surface area (Å²) >= 11 is 0. The summed E-state index contributed by atoms with van der Waals surface area (Å²) in [5.74, 6) is 0.661. The predicted molar refractivity (Wildman–Crippen MR) is 98.2 cm³/mol. The first-order valence-electron chi connectivity index (χ1n) is 8.31. The maximum Gasteiger partial charge on any atom is 0.311 e. The van der Waals surface area contributed by atoms with Crippen LogP contribution in [0.4, 0.5) is 5.69 Å². The quantitative estimate of drug-likeness (QED) is 0.530. The highest BCUT2D eigenvalue weighted by atomic mass is 16.5. The highest BCUT2D eigenvalue weighted by Crippen LogP contribution is 2.18. The van der Waals surface area contributed by atoms with Crippen molar-refractivity contribution in [1.82, 2.24) is 0 Å². The van der Waals surface area contributed by atoms with Gasteiger partial charge in [-0.05, 0) is 55.5 Å². The van der Waals surface area contributed by atoms with Crippen molar-refractivity contribution in [3.8, 4) is 5.75 Å². The maximum atomic E-state index is 12.2. The van der Waals surface area contributed by atoms with E-state index in [-0.39, 0.29) is 18.3 Å². The van der Waals surface area contributed by atoms with Gasteiger partial charge in [0, 0.05) is 17.7 Å². The lowest BCUT2D eigenvalue weighted by atomic mass is 10.1. The van der Waals surface area contributed by atoms with Gasteiger partial charge in [-0.1, -0.05) is 17.7 Å². The SMILES string of the molecule is Cc1cccc(C(=O)Nc2ccc(OC(=O)CCc3ccco3)cc2)c1. The van der Waals surface area contributed by atoms with Gasteiger partial charge in [-0.2, -0.15) is 0 Å². The van der Waals surface area contributed by atoms with E-state index in [9.17, 15) is 9.59 Å². The second kappa shape index (κ2) is 8.16.